The summed E-state index contributed by atoms with van der Waals surface area (Å²) in [5.41, 5.74) is 2.59. The van der Waals surface area contributed by atoms with Gasteiger partial charge in [0.1, 0.15) is 6.54 Å². The van der Waals surface area contributed by atoms with E-state index in [0.717, 1.165) is 23.8 Å². The zero-order valence-electron chi connectivity index (χ0n) is 21.0. The molecule has 0 aliphatic carbocycles. The molecular formula is C28H31F3N4O. The lowest BCUT2D eigenvalue weighted by molar-refractivity contribution is -0.140. The van der Waals surface area contributed by atoms with Crippen molar-refractivity contribution >= 4 is 16.6 Å². The summed E-state index contributed by atoms with van der Waals surface area (Å²) >= 11 is 0. The Labute approximate surface area is 210 Å². The highest BCUT2D eigenvalue weighted by atomic mass is 19.4. The van der Waals surface area contributed by atoms with Gasteiger partial charge in [-0.3, -0.25) is 4.98 Å². The number of methoxy groups -OCH3 is 1. The van der Waals surface area contributed by atoms with Crippen LogP contribution in [0.5, 0.6) is 0 Å². The van der Waals surface area contributed by atoms with Crippen molar-refractivity contribution in [2.75, 3.05) is 25.6 Å². The second kappa shape index (κ2) is 11.5. The molecule has 36 heavy (non-hydrogen) atoms. The Hall–Kier alpha value is -3.49. The van der Waals surface area contributed by atoms with Crippen LogP contribution < -0.4 is 5.32 Å². The number of pyridine rings is 1. The fraction of sp³-hybridized carbons (Fsp3) is 0.429. The van der Waals surface area contributed by atoms with Gasteiger partial charge in [-0.2, -0.15) is 18.4 Å². The molecule has 0 spiro atoms. The molecule has 1 N–H and O–H groups in total. The maximum absolute atomic E-state index is 13.3. The van der Waals surface area contributed by atoms with E-state index in [4.69, 9.17) is 4.74 Å². The number of nitriles is 1. The van der Waals surface area contributed by atoms with E-state index in [1.54, 1.807) is 51.4 Å². The summed E-state index contributed by atoms with van der Waals surface area (Å²) in [4.78, 5) is 4.32. The van der Waals surface area contributed by atoms with Gasteiger partial charge in [-0.25, -0.2) is 0 Å². The number of aromatic nitrogens is 2. The Morgan fingerprint density at radius 2 is 1.94 bits per heavy atom. The molecular weight excluding hydrogens is 465 g/mol. The van der Waals surface area contributed by atoms with E-state index in [1.165, 1.54) is 4.57 Å². The number of aryl methyl sites for hydroxylation is 1. The maximum atomic E-state index is 13.3. The van der Waals surface area contributed by atoms with Gasteiger partial charge in [-0.15, -0.1) is 0 Å². The molecule has 1 atom stereocenters. The molecule has 3 rings (SSSR count). The lowest BCUT2D eigenvalue weighted by atomic mass is 9.91. The van der Waals surface area contributed by atoms with Crippen molar-refractivity contribution in [3.05, 3.63) is 59.5 Å². The highest BCUT2D eigenvalue weighted by Gasteiger charge is 2.29. The third-order valence-electron chi connectivity index (χ3n) is 5.96. The first-order valence-corrected chi connectivity index (χ1v) is 11.8. The van der Waals surface area contributed by atoms with Gasteiger partial charge >= 0.3 is 6.18 Å². The smallest absolute Gasteiger partial charge is 0.384 e. The molecule has 0 saturated carbocycles. The van der Waals surface area contributed by atoms with Crippen molar-refractivity contribution in [2.45, 2.75) is 51.7 Å². The van der Waals surface area contributed by atoms with E-state index < -0.39 is 18.1 Å². The predicted octanol–water partition coefficient (Wildman–Crippen LogP) is 6.08. The summed E-state index contributed by atoms with van der Waals surface area (Å²) in [6.07, 6.45) is -0.982. The van der Waals surface area contributed by atoms with E-state index in [-0.39, 0.29) is 6.54 Å². The molecule has 2 aromatic heterocycles. The molecule has 0 bridgehead atoms. The number of fused-ring (bicyclic) bond motifs is 1. The minimum Gasteiger partial charge on any atom is -0.384 e. The Bertz CT molecular complexity index is 1270. The molecule has 3 aromatic rings. The van der Waals surface area contributed by atoms with Crippen molar-refractivity contribution in [2.24, 2.45) is 5.92 Å². The van der Waals surface area contributed by atoms with E-state index in [2.05, 4.69) is 35.1 Å². The van der Waals surface area contributed by atoms with Crippen molar-refractivity contribution in [1.82, 2.24) is 9.55 Å². The minimum atomic E-state index is -4.36. The molecule has 8 heteroatoms. The molecule has 0 saturated heterocycles. The Kier molecular flexibility index (Phi) is 8.66. The first kappa shape index (κ1) is 27.1. The van der Waals surface area contributed by atoms with Gasteiger partial charge < -0.3 is 14.6 Å². The van der Waals surface area contributed by atoms with Gasteiger partial charge in [-0.1, -0.05) is 18.9 Å². The summed E-state index contributed by atoms with van der Waals surface area (Å²) in [6, 6.07) is 13.1. The van der Waals surface area contributed by atoms with Crippen LogP contribution in [-0.4, -0.2) is 36.0 Å². The van der Waals surface area contributed by atoms with E-state index >= 15 is 0 Å². The highest BCUT2D eigenvalue weighted by molar-refractivity contribution is 5.83. The first-order chi connectivity index (χ1) is 17.0. The Morgan fingerprint density at radius 1 is 1.17 bits per heavy atom. The maximum Gasteiger partial charge on any atom is 0.406 e. The standard InChI is InChI=1S/C28H31F3N4O/c1-20(17-36-4)7-8-21-9-11-25-22(14-21)15-24(35(25)19-28(29,30)31)6-5-13-33-23-10-12-26(34-16-23)27(2,3)18-32/h9-12,14-16,20,33H,7-8,13,17,19H2,1-4H3. The van der Waals surface area contributed by atoms with Crippen molar-refractivity contribution < 1.29 is 17.9 Å². The fourth-order valence-electron chi connectivity index (χ4n) is 3.92. The molecule has 1 aromatic carbocycles. The Morgan fingerprint density at radius 3 is 2.58 bits per heavy atom. The van der Waals surface area contributed by atoms with Crippen LogP contribution >= 0.6 is 0 Å². The van der Waals surface area contributed by atoms with Crippen LogP contribution in [0.25, 0.3) is 10.9 Å². The first-order valence-electron chi connectivity index (χ1n) is 11.8. The van der Waals surface area contributed by atoms with Gasteiger partial charge in [0.25, 0.3) is 0 Å². The van der Waals surface area contributed by atoms with Crippen LogP contribution in [0.4, 0.5) is 18.9 Å². The summed E-state index contributed by atoms with van der Waals surface area (Å²) in [5, 5.41) is 13.1. The lowest BCUT2D eigenvalue weighted by Gasteiger charge is -2.14. The van der Waals surface area contributed by atoms with Crippen LogP contribution in [0.1, 0.15) is 44.1 Å². The Balaban J connectivity index is 1.77. The van der Waals surface area contributed by atoms with Crippen LogP contribution in [0, 0.1) is 29.1 Å². The largest absolute Gasteiger partial charge is 0.406 e. The number of benzene rings is 1. The predicted molar refractivity (Wildman–Crippen MR) is 136 cm³/mol. The highest BCUT2D eigenvalue weighted by Crippen LogP contribution is 2.27. The van der Waals surface area contributed by atoms with E-state index in [0.29, 0.717) is 35.1 Å². The third-order valence-corrected chi connectivity index (χ3v) is 5.96. The monoisotopic (exact) mass is 496 g/mol. The topological polar surface area (TPSA) is 62.9 Å². The van der Waals surface area contributed by atoms with Gasteiger partial charge in [-0.05, 0) is 74.4 Å². The van der Waals surface area contributed by atoms with Crippen molar-refractivity contribution in [3.63, 3.8) is 0 Å². The molecule has 0 radical (unpaired) electrons. The zero-order valence-corrected chi connectivity index (χ0v) is 21.0. The number of anilines is 1. The summed E-state index contributed by atoms with van der Waals surface area (Å²) in [6.45, 7) is 5.51. The number of halogens is 3. The third kappa shape index (κ3) is 7.26. The molecule has 5 nitrogen and oxygen atoms in total. The lowest BCUT2D eigenvalue weighted by Crippen LogP contribution is -2.18. The average Bonchev–Trinajstić information content (AvgIpc) is 3.16. The van der Waals surface area contributed by atoms with Crippen molar-refractivity contribution in [3.8, 4) is 17.9 Å². The average molecular weight is 497 g/mol. The summed E-state index contributed by atoms with van der Waals surface area (Å²) in [7, 11) is 1.67. The molecule has 1 unspecified atom stereocenters. The number of hydrogen-bond donors (Lipinski definition) is 1. The number of ether oxygens (including phenoxy) is 1. The van der Waals surface area contributed by atoms with Crippen LogP contribution in [0.3, 0.4) is 0 Å². The second-order valence-corrected chi connectivity index (χ2v) is 9.55. The van der Waals surface area contributed by atoms with Crippen LogP contribution in [-0.2, 0) is 23.1 Å². The van der Waals surface area contributed by atoms with Crippen LogP contribution in [0.15, 0.2) is 42.6 Å². The van der Waals surface area contributed by atoms with Gasteiger partial charge in [0.15, 0.2) is 0 Å². The molecule has 190 valence electrons. The van der Waals surface area contributed by atoms with Gasteiger partial charge in [0, 0.05) is 24.6 Å². The van der Waals surface area contributed by atoms with Gasteiger partial charge in [0.05, 0.1) is 41.3 Å². The SMILES string of the molecule is COCC(C)CCc1ccc2c(c1)cc(C#CCNc1ccc(C(C)(C)C#N)nc1)n2CC(F)(F)F. The second-order valence-electron chi connectivity index (χ2n) is 9.55. The minimum absolute atomic E-state index is 0.235. The van der Waals surface area contributed by atoms with E-state index in [9.17, 15) is 18.4 Å². The number of alkyl halides is 3. The molecule has 2 heterocycles. The van der Waals surface area contributed by atoms with Crippen LogP contribution in [0.2, 0.25) is 0 Å². The summed E-state index contributed by atoms with van der Waals surface area (Å²) < 4.78 is 46.4. The molecule has 0 aliphatic rings. The molecule has 0 aliphatic heterocycles. The summed E-state index contributed by atoms with van der Waals surface area (Å²) in [5.74, 6) is 6.22. The quantitative estimate of drug-likeness (QED) is 0.365. The van der Waals surface area contributed by atoms with Crippen molar-refractivity contribution in [1.29, 1.82) is 5.26 Å². The number of nitrogens with one attached hydrogen (secondary N) is 1. The fourth-order valence-corrected chi connectivity index (χ4v) is 3.92. The molecule has 0 fully saturated rings. The molecule has 0 amide bonds. The number of nitrogens with zero attached hydrogens (tertiary/aromatic N) is 3. The van der Waals surface area contributed by atoms with Gasteiger partial charge in [0.2, 0.25) is 0 Å². The number of rotatable bonds is 9. The zero-order chi connectivity index (χ0) is 26.3. The van der Waals surface area contributed by atoms with E-state index in [1.807, 2.05) is 12.1 Å². The number of hydrogen-bond acceptors (Lipinski definition) is 4. The normalized spacial score (nSPS) is 12.6.